The predicted molar refractivity (Wildman–Crippen MR) is 81.0 cm³/mol. The maximum Gasteiger partial charge on any atom is 0.125 e. The van der Waals surface area contributed by atoms with Crippen LogP contribution >= 0.6 is 0 Å². The van der Waals surface area contributed by atoms with Crippen molar-refractivity contribution in [3.63, 3.8) is 0 Å². The first-order valence-corrected chi connectivity index (χ1v) is 7.39. The summed E-state index contributed by atoms with van der Waals surface area (Å²) in [4.78, 5) is 0. The first kappa shape index (κ1) is 14.4. The summed E-state index contributed by atoms with van der Waals surface area (Å²) in [6, 6.07) is 6.60. The molecule has 0 amide bonds. The van der Waals surface area contributed by atoms with Gasteiger partial charge in [-0.05, 0) is 54.8 Å². The summed E-state index contributed by atoms with van der Waals surface area (Å²) in [5, 5.41) is 3.50. The lowest BCUT2D eigenvalue weighted by atomic mass is 9.83. The summed E-state index contributed by atoms with van der Waals surface area (Å²) < 4.78 is 5.72. The molecule has 0 aliphatic carbocycles. The van der Waals surface area contributed by atoms with Gasteiger partial charge in [-0.15, -0.1) is 0 Å². The molecule has 106 valence electrons. The van der Waals surface area contributed by atoms with Crippen molar-refractivity contribution in [2.24, 2.45) is 5.92 Å². The third-order valence-corrected chi connectivity index (χ3v) is 4.02. The normalized spacial score (nSPS) is 20.3. The summed E-state index contributed by atoms with van der Waals surface area (Å²) in [6.45, 7) is 9.06. The topological polar surface area (TPSA) is 21.3 Å². The molecule has 1 N–H and O–H groups in total. The Morgan fingerprint density at radius 3 is 2.68 bits per heavy atom. The Morgan fingerprint density at radius 1 is 1.32 bits per heavy atom. The fourth-order valence-electron chi connectivity index (χ4n) is 2.99. The first-order valence-electron chi connectivity index (χ1n) is 7.39. The lowest BCUT2D eigenvalue weighted by Crippen LogP contribution is -2.31. The van der Waals surface area contributed by atoms with Crippen molar-refractivity contribution in [1.29, 1.82) is 0 Å². The number of nitrogens with one attached hydrogen (secondary N) is 1. The van der Waals surface area contributed by atoms with Gasteiger partial charge < -0.3 is 10.1 Å². The van der Waals surface area contributed by atoms with Gasteiger partial charge in [0.05, 0.1) is 7.11 Å². The molecule has 2 rings (SSSR count). The second-order valence-electron chi connectivity index (χ2n) is 6.66. The zero-order valence-corrected chi connectivity index (χ0v) is 12.8. The van der Waals surface area contributed by atoms with Crippen molar-refractivity contribution in [3.8, 4) is 5.75 Å². The molecule has 0 bridgehead atoms. The van der Waals surface area contributed by atoms with Gasteiger partial charge in [-0.1, -0.05) is 39.0 Å². The van der Waals surface area contributed by atoms with Crippen LogP contribution in [-0.2, 0) is 11.8 Å². The number of para-hydroxylation sites is 1. The lowest BCUT2D eigenvalue weighted by Gasteiger charge is -2.27. The van der Waals surface area contributed by atoms with E-state index < -0.39 is 0 Å². The van der Waals surface area contributed by atoms with Crippen molar-refractivity contribution in [2.75, 3.05) is 20.2 Å². The number of rotatable bonds is 3. The smallest absolute Gasteiger partial charge is 0.125 e. The van der Waals surface area contributed by atoms with E-state index in [1.165, 1.54) is 30.5 Å². The number of piperidine rings is 1. The van der Waals surface area contributed by atoms with Crippen molar-refractivity contribution in [2.45, 2.75) is 45.4 Å². The molecule has 1 aromatic rings. The molecule has 1 atom stereocenters. The van der Waals surface area contributed by atoms with Crippen LogP contribution in [0.3, 0.4) is 0 Å². The van der Waals surface area contributed by atoms with Gasteiger partial charge in [0.1, 0.15) is 5.75 Å². The average molecular weight is 261 g/mol. The van der Waals surface area contributed by atoms with Crippen LogP contribution in [0.15, 0.2) is 18.2 Å². The van der Waals surface area contributed by atoms with Gasteiger partial charge in [0.2, 0.25) is 0 Å². The van der Waals surface area contributed by atoms with Gasteiger partial charge in [0, 0.05) is 0 Å². The van der Waals surface area contributed by atoms with Gasteiger partial charge in [0.15, 0.2) is 0 Å². The van der Waals surface area contributed by atoms with Crippen LogP contribution in [0.1, 0.15) is 44.7 Å². The third kappa shape index (κ3) is 3.50. The molecule has 1 heterocycles. The number of benzene rings is 1. The first-order chi connectivity index (χ1) is 9.02. The van der Waals surface area contributed by atoms with E-state index in [0.717, 1.165) is 24.6 Å². The zero-order chi connectivity index (χ0) is 13.9. The molecule has 1 aliphatic heterocycles. The molecule has 0 spiro atoms. The van der Waals surface area contributed by atoms with Crippen LogP contribution in [0.25, 0.3) is 0 Å². The molecule has 19 heavy (non-hydrogen) atoms. The quantitative estimate of drug-likeness (QED) is 0.898. The number of ether oxygens (including phenoxy) is 1. The molecule has 1 aliphatic rings. The van der Waals surface area contributed by atoms with E-state index in [4.69, 9.17) is 4.74 Å². The van der Waals surface area contributed by atoms with E-state index in [1.807, 2.05) is 0 Å². The summed E-state index contributed by atoms with van der Waals surface area (Å²) >= 11 is 0. The van der Waals surface area contributed by atoms with Crippen LogP contribution in [0.4, 0.5) is 0 Å². The Bertz CT molecular complexity index is 414. The van der Waals surface area contributed by atoms with E-state index >= 15 is 0 Å². The van der Waals surface area contributed by atoms with E-state index in [9.17, 15) is 0 Å². The van der Waals surface area contributed by atoms with Crippen LogP contribution in [0.2, 0.25) is 0 Å². The molecule has 0 saturated carbocycles. The minimum Gasteiger partial charge on any atom is -0.496 e. The van der Waals surface area contributed by atoms with E-state index in [2.05, 4.69) is 44.3 Å². The van der Waals surface area contributed by atoms with Gasteiger partial charge in [-0.3, -0.25) is 0 Å². The minimum atomic E-state index is 0.131. The molecule has 2 heteroatoms. The second-order valence-corrected chi connectivity index (χ2v) is 6.66. The summed E-state index contributed by atoms with van der Waals surface area (Å²) in [5.74, 6) is 1.85. The van der Waals surface area contributed by atoms with E-state index in [0.29, 0.717) is 0 Å². The molecule has 1 saturated heterocycles. The van der Waals surface area contributed by atoms with Crippen molar-refractivity contribution in [3.05, 3.63) is 29.3 Å². The van der Waals surface area contributed by atoms with Crippen molar-refractivity contribution >= 4 is 0 Å². The van der Waals surface area contributed by atoms with Gasteiger partial charge in [-0.2, -0.15) is 0 Å². The zero-order valence-electron chi connectivity index (χ0n) is 12.8. The summed E-state index contributed by atoms with van der Waals surface area (Å²) in [7, 11) is 1.80. The number of methoxy groups -OCH3 is 1. The molecule has 2 nitrogen and oxygen atoms in total. The Kier molecular flexibility index (Phi) is 4.51. The molecule has 1 aromatic carbocycles. The van der Waals surface area contributed by atoms with E-state index in [1.54, 1.807) is 7.11 Å². The van der Waals surface area contributed by atoms with Gasteiger partial charge in [-0.25, -0.2) is 0 Å². The fraction of sp³-hybridized carbons (Fsp3) is 0.647. The Hall–Kier alpha value is -1.02. The summed E-state index contributed by atoms with van der Waals surface area (Å²) in [5.41, 5.74) is 2.81. The van der Waals surface area contributed by atoms with Crippen molar-refractivity contribution in [1.82, 2.24) is 5.32 Å². The second kappa shape index (κ2) is 5.96. The molecule has 0 aromatic heterocycles. The number of hydrogen-bond donors (Lipinski definition) is 1. The third-order valence-electron chi connectivity index (χ3n) is 4.02. The highest BCUT2D eigenvalue weighted by Gasteiger charge is 2.22. The van der Waals surface area contributed by atoms with Gasteiger partial charge in [0.25, 0.3) is 0 Å². The highest BCUT2D eigenvalue weighted by Crippen LogP contribution is 2.35. The van der Waals surface area contributed by atoms with Crippen molar-refractivity contribution < 1.29 is 4.74 Å². The largest absolute Gasteiger partial charge is 0.496 e. The standard InChI is InChI=1S/C17H27NO/c1-17(2,3)15-9-5-8-14(16(15)19-4)11-13-7-6-10-18-12-13/h5,8-9,13,18H,6-7,10-12H2,1-4H3. The SMILES string of the molecule is COc1c(CC2CCCNC2)cccc1C(C)(C)C. The van der Waals surface area contributed by atoms with E-state index in [-0.39, 0.29) is 5.41 Å². The highest BCUT2D eigenvalue weighted by atomic mass is 16.5. The fourth-order valence-corrected chi connectivity index (χ4v) is 2.99. The van der Waals surface area contributed by atoms with Gasteiger partial charge >= 0.3 is 0 Å². The number of hydrogen-bond acceptors (Lipinski definition) is 2. The molecular weight excluding hydrogens is 234 g/mol. The minimum absolute atomic E-state index is 0.131. The van der Waals surface area contributed by atoms with Crippen LogP contribution in [-0.4, -0.2) is 20.2 Å². The summed E-state index contributed by atoms with van der Waals surface area (Å²) in [6.07, 6.45) is 3.75. The Labute approximate surface area is 117 Å². The Balaban J connectivity index is 2.24. The average Bonchev–Trinajstić information content (AvgIpc) is 2.38. The van der Waals surface area contributed by atoms with Crippen LogP contribution in [0.5, 0.6) is 5.75 Å². The molecular formula is C17H27NO. The predicted octanol–water partition coefficient (Wildman–Crippen LogP) is 3.53. The molecule has 1 fully saturated rings. The van der Waals surface area contributed by atoms with Crippen LogP contribution < -0.4 is 10.1 Å². The molecule has 0 radical (unpaired) electrons. The maximum absolute atomic E-state index is 5.72. The molecule has 1 unspecified atom stereocenters. The highest BCUT2D eigenvalue weighted by molar-refractivity contribution is 5.45. The van der Waals surface area contributed by atoms with Crippen LogP contribution in [0, 0.1) is 5.92 Å². The maximum atomic E-state index is 5.72. The lowest BCUT2D eigenvalue weighted by molar-refractivity contribution is 0.359. The monoisotopic (exact) mass is 261 g/mol. The Morgan fingerprint density at radius 2 is 2.11 bits per heavy atom.